The molecule has 2 amide bonds. The van der Waals surface area contributed by atoms with E-state index in [9.17, 15) is 18.0 Å². The van der Waals surface area contributed by atoms with Crippen LogP contribution in [0.5, 0.6) is 0 Å². The van der Waals surface area contributed by atoms with Crippen molar-refractivity contribution >= 4 is 27.5 Å². The minimum Gasteiger partial charge on any atom is -0.356 e. The number of amides is 2. The number of anilines is 1. The van der Waals surface area contributed by atoms with Gasteiger partial charge in [-0.25, -0.2) is 13.1 Å². The molecule has 1 aliphatic carbocycles. The summed E-state index contributed by atoms with van der Waals surface area (Å²) in [6.45, 7) is 5.39. The van der Waals surface area contributed by atoms with Crippen molar-refractivity contribution in [2.45, 2.75) is 70.1 Å². The zero-order valence-electron chi connectivity index (χ0n) is 18.6. The Labute approximate surface area is 185 Å². The largest absolute Gasteiger partial charge is 0.356 e. The van der Waals surface area contributed by atoms with Crippen molar-refractivity contribution in [2.75, 3.05) is 18.4 Å². The third kappa shape index (κ3) is 6.77. The first-order valence-electron chi connectivity index (χ1n) is 11.4. The van der Waals surface area contributed by atoms with Crippen LogP contribution in [0.1, 0.15) is 64.4 Å². The molecule has 0 spiro atoms. The summed E-state index contributed by atoms with van der Waals surface area (Å²) < 4.78 is 28.3. The van der Waals surface area contributed by atoms with Crippen molar-refractivity contribution < 1.29 is 18.0 Å². The average molecular weight is 450 g/mol. The van der Waals surface area contributed by atoms with Crippen LogP contribution in [-0.2, 0) is 26.0 Å². The molecule has 1 aliphatic heterocycles. The number of nitrogens with one attached hydrogen (secondary N) is 3. The maximum Gasteiger partial charge on any atom is 0.240 e. The molecule has 1 heterocycles. The highest BCUT2D eigenvalue weighted by atomic mass is 32.2. The fourth-order valence-electron chi connectivity index (χ4n) is 4.29. The molecule has 1 saturated carbocycles. The average Bonchev–Trinajstić information content (AvgIpc) is 2.92. The van der Waals surface area contributed by atoms with E-state index >= 15 is 0 Å². The monoisotopic (exact) mass is 449 g/mol. The van der Waals surface area contributed by atoms with E-state index in [-0.39, 0.29) is 28.5 Å². The molecule has 0 unspecified atom stereocenters. The molecular weight excluding hydrogens is 414 g/mol. The normalized spacial score (nSPS) is 21.8. The summed E-state index contributed by atoms with van der Waals surface area (Å²) in [5.74, 6) is 0.963. The van der Waals surface area contributed by atoms with Crippen LogP contribution in [-0.4, -0.2) is 33.3 Å². The Hall–Kier alpha value is -1.93. The second kappa shape index (κ2) is 10.6. The summed E-state index contributed by atoms with van der Waals surface area (Å²) in [7, 11) is -3.61. The predicted molar refractivity (Wildman–Crippen MR) is 121 cm³/mol. The molecule has 8 heteroatoms. The second-order valence-corrected chi connectivity index (χ2v) is 11.0. The molecular formula is C23H35N3O4S. The van der Waals surface area contributed by atoms with Gasteiger partial charge in [0, 0.05) is 31.1 Å². The summed E-state index contributed by atoms with van der Waals surface area (Å²) in [6.07, 6.45) is 6.13. The van der Waals surface area contributed by atoms with E-state index in [1.54, 1.807) is 18.2 Å². The quantitative estimate of drug-likeness (QED) is 0.567. The minimum absolute atomic E-state index is 0.0308. The van der Waals surface area contributed by atoms with Gasteiger partial charge in [-0.2, -0.15) is 0 Å². The Bertz CT molecular complexity index is 890. The number of carbonyl (C=O) groups is 2. The van der Waals surface area contributed by atoms with Crippen LogP contribution in [0.15, 0.2) is 23.1 Å². The Morgan fingerprint density at radius 1 is 1.16 bits per heavy atom. The van der Waals surface area contributed by atoms with E-state index < -0.39 is 10.0 Å². The smallest absolute Gasteiger partial charge is 0.240 e. The van der Waals surface area contributed by atoms with Gasteiger partial charge in [0.25, 0.3) is 0 Å². The van der Waals surface area contributed by atoms with Gasteiger partial charge in [-0.05, 0) is 80.5 Å². The SMILES string of the molecule is CC(C)CCNC(=O)C1CCC(CNS(=O)(=O)c2ccc3c(c2)CCCC(=O)N3)CC1. The van der Waals surface area contributed by atoms with Crippen molar-refractivity contribution in [1.29, 1.82) is 0 Å². The number of carbonyl (C=O) groups excluding carboxylic acids is 2. The van der Waals surface area contributed by atoms with Gasteiger partial charge in [-0.3, -0.25) is 9.59 Å². The lowest BCUT2D eigenvalue weighted by molar-refractivity contribution is -0.126. The van der Waals surface area contributed by atoms with Gasteiger partial charge < -0.3 is 10.6 Å². The first-order chi connectivity index (χ1) is 14.7. The molecule has 7 nitrogen and oxygen atoms in total. The van der Waals surface area contributed by atoms with Crippen molar-refractivity contribution in [3.8, 4) is 0 Å². The molecule has 1 aromatic carbocycles. The fourth-order valence-corrected chi connectivity index (χ4v) is 5.45. The van der Waals surface area contributed by atoms with Crippen molar-refractivity contribution in [2.24, 2.45) is 17.8 Å². The second-order valence-electron chi connectivity index (χ2n) is 9.26. The van der Waals surface area contributed by atoms with E-state index in [2.05, 4.69) is 29.2 Å². The van der Waals surface area contributed by atoms with E-state index in [1.165, 1.54) is 0 Å². The molecule has 0 aromatic heterocycles. The lowest BCUT2D eigenvalue weighted by Crippen LogP contribution is -2.36. The molecule has 31 heavy (non-hydrogen) atoms. The summed E-state index contributed by atoms with van der Waals surface area (Å²) >= 11 is 0. The topological polar surface area (TPSA) is 104 Å². The van der Waals surface area contributed by atoms with Gasteiger partial charge in [0.1, 0.15) is 0 Å². The number of rotatable bonds is 8. The molecule has 1 aromatic rings. The Morgan fingerprint density at radius 2 is 1.90 bits per heavy atom. The first kappa shape index (κ1) is 23.7. The molecule has 2 aliphatic rings. The molecule has 0 saturated heterocycles. The van der Waals surface area contributed by atoms with Crippen LogP contribution < -0.4 is 15.4 Å². The van der Waals surface area contributed by atoms with Crippen LogP contribution in [0.3, 0.4) is 0 Å². The highest BCUT2D eigenvalue weighted by Crippen LogP contribution is 2.29. The number of fused-ring (bicyclic) bond motifs is 1. The maximum atomic E-state index is 12.8. The molecule has 0 atom stereocenters. The van der Waals surface area contributed by atoms with Gasteiger partial charge in [0.05, 0.1) is 4.90 Å². The zero-order valence-corrected chi connectivity index (χ0v) is 19.4. The molecule has 0 radical (unpaired) electrons. The van der Waals surface area contributed by atoms with Crippen LogP contribution in [0, 0.1) is 17.8 Å². The Kier molecular flexibility index (Phi) is 8.11. The van der Waals surface area contributed by atoms with Gasteiger partial charge in [-0.15, -0.1) is 0 Å². The van der Waals surface area contributed by atoms with Crippen molar-refractivity contribution in [3.63, 3.8) is 0 Å². The van der Waals surface area contributed by atoms with Crippen molar-refractivity contribution in [3.05, 3.63) is 23.8 Å². The molecule has 1 fully saturated rings. The highest BCUT2D eigenvalue weighted by Gasteiger charge is 2.27. The van der Waals surface area contributed by atoms with Gasteiger partial charge >= 0.3 is 0 Å². The van der Waals surface area contributed by atoms with Crippen LogP contribution in [0.2, 0.25) is 0 Å². The highest BCUT2D eigenvalue weighted by molar-refractivity contribution is 7.89. The van der Waals surface area contributed by atoms with Crippen LogP contribution >= 0.6 is 0 Å². The van der Waals surface area contributed by atoms with E-state index in [0.717, 1.165) is 44.2 Å². The first-order valence-corrected chi connectivity index (χ1v) is 12.9. The summed E-state index contributed by atoms with van der Waals surface area (Å²) in [6, 6.07) is 4.89. The van der Waals surface area contributed by atoms with Crippen LogP contribution in [0.4, 0.5) is 5.69 Å². The standard InChI is InChI=1S/C23H35N3O4S/c1-16(2)12-13-24-23(28)18-8-6-17(7-9-18)15-25-31(29,30)20-10-11-21-19(14-20)4-3-5-22(27)26-21/h10-11,14,16-18,25H,3-9,12-13,15H2,1-2H3,(H,24,28)(H,26,27). The number of benzene rings is 1. The minimum atomic E-state index is -3.61. The predicted octanol–water partition coefficient (Wildman–Crippen LogP) is 3.21. The zero-order chi connectivity index (χ0) is 22.4. The Balaban J connectivity index is 1.49. The lowest BCUT2D eigenvalue weighted by atomic mass is 9.81. The number of hydrogen-bond donors (Lipinski definition) is 3. The van der Waals surface area contributed by atoms with Gasteiger partial charge in [-0.1, -0.05) is 13.8 Å². The van der Waals surface area contributed by atoms with Crippen LogP contribution in [0.25, 0.3) is 0 Å². The molecule has 3 rings (SSSR count). The van der Waals surface area contributed by atoms with Gasteiger partial charge in [0.15, 0.2) is 0 Å². The number of aryl methyl sites for hydroxylation is 1. The number of sulfonamides is 1. The summed E-state index contributed by atoms with van der Waals surface area (Å²) in [5, 5.41) is 5.86. The van der Waals surface area contributed by atoms with E-state index in [0.29, 0.717) is 37.4 Å². The molecule has 172 valence electrons. The third-order valence-corrected chi connectivity index (χ3v) is 7.73. The van der Waals surface area contributed by atoms with E-state index in [4.69, 9.17) is 0 Å². The summed E-state index contributed by atoms with van der Waals surface area (Å²) in [4.78, 5) is 24.2. The lowest BCUT2D eigenvalue weighted by Gasteiger charge is -2.28. The van der Waals surface area contributed by atoms with Gasteiger partial charge in [0.2, 0.25) is 21.8 Å². The Morgan fingerprint density at radius 3 is 2.61 bits per heavy atom. The number of hydrogen-bond acceptors (Lipinski definition) is 4. The fraction of sp³-hybridized carbons (Fsp3) is 0.652. The maximum absolute atomic E-state index is 12.8. The van der Waals surface area contributed by atoms with Crippen molar-refractivity contribution in [1.82, 2.24) is 10.0 Å². The summed E-state index contributed by atoms with van der Waals surface area (Å²) in [5.41, 5.74) is 1.56. The molecule has 0 bridgehead atoms. The van der Waals surface area contributed by atoms with E-state index in [1.807, 2.05) is 0 Å². The molecule has 3 N–H and O–H groups in total. The third-order valence-electron chi connectivity index (χ3n) is 6.31.